The lowest BCUT2D eigenvalue weighted by Gasteiger charge is -2.12. The van der Waals surface area contributed by atoms with E-state index in [1.807, 2.05) is 0 Å². The number of rotatable bonds is 8. The summed E-state index contributed by atoms with van der Waals surface area (Å²) < 4.78 is 44.6. The average molecular weight is 320 g/mol. The summed E-state index contributed by atoms with van der Waals surface area (Å²) in [6, 6.07) is 0. The van der Waals surface area contributed by atoms with E-state index in [0.29, 0.717) is 6.42 Å². The van der Waals surface area contributed by atoms with E-state index in [1.54, 1.807) is 0 Å². The van der Waals surface area contributed by atoms with Gasteiger partial charge in [-0.1, -0.05) is 39.0 Å². The number of phenols is 1. The van der Waals surface area contributed by atoms with E-state index >= 15 is 0 Å². The molecule has 22 heavy (non-hydrogen) atoms. The Kier molecular flexibility index (Phi) is 7.01. The molecule has 4 nitrogen and oxygen atoms in total. The third-order valence-corrected chi connectivity index (χ3v) is 3.32. The fourth-order valence-electron chi connectivity index (χ4n) is 2.18. The number of carboxylic acid groups (broad SMARTS) is 1. The molecule has 124 valence electrons. The Morgan fingerprint density at radius 1 is 1.00 bits per heavy atom. The number of ether oxygens (including phenoxy) is 1. The molecular weight excluding hydrogens is 301 g/mol. The molecule has 0 aromatic heterocycles. The molecule has 0 fully saturated rings. The molecule has 0 saturated heterocycles. The lowest BCUT2D eigenvalue weighted by atomic mass is 10.0. The molecule has 0 aliphatic heterocycles. The lowest BCUT2D eigenvalue weighted by molar-refractivity contribution is 0.141. The number of hydrogen-bond donors (Lipinski definition) is 2. The number of halogens is 3. The van der Waals surface area contributed by atoms with Crippen molar-refractivity contribution in [1.82, 2.24) is 0 Å². The maximum absolute atomic E-state index is 13.8. The Bertz CT molecular complexity index is 532. The summed E-state index contributed by atoms with van der Waals surface area (Å²) >= 11 is 0. The lowest BCUT2D eigenvalue weighted by Crippen LogP contribution is -2.10. The average Bonchev–Trinajstić information content (AvgIpc) is 2.48. The number of phenolic OH excluding ortho intramolecular Hbond substituents is 1. The fourth-order valence-corrected chi connectivity index (χ4v) is 2.18. The van der Waals surface area contributed by atoms with Gasteiger partial charge in [-0.25, -0.2) is 13.6 Å². The summed E-state index contributed by atoms with van der Waals surface area (Å²) in [5.41, 5.74) is -0.464. The van der Waals surface area contributed by atoms with Crippen molar-refractivity contribution in [2.45, 2.75) is 51.9 Å². The standard InChI is InChI=1S/C15H19F3O4/c1-2-3-4-5-6-7-8-9-10(16)11(17)12(18)13(19)14(9)22-15(20)21/h19H,2-8H2,1H3,(H,20,21). The van der Waals surface area contributed by atoms with Crippen LogP contribution in [0.25, 0.3) is 0 Å². The van der Waals surface area contributed by atoms with Gasteiger partial charge in [-0.05, 0) is 12.8 Å². The molecule has 0 aliphatic rings. The highest BCUT2D eigenvalue weighted by Crippen LogP contribution is 2.38. The molecule has 1 aromatic carbocycles. The zero-order valence-electron chi connectivity index (χ0n) is 12.3. The van der Waals surface area contributed by atoms with E-state index in [0.717, 1.165) is 32.1 Å². The summed E-state index contributed by atoms with van der Waals surface area (Å²) in [5.74, 6) is -7.43. The van der Waals surface area contributed by atoms with Gasteiger partial charge >= 0.3 is 6.16 Å². The molecule has 0 spiro atoms. The van der Waals surface area contributed by atoms with Crippen molar-refractivity contribution < 1.29 is 32.9 Å². The predicted molar refractivity (Wildman–Crippen MR) is 73.7 cm³/mol. The van der Waals surface area contributed by atoms with Crippen LogP contribution in [-0.2, 0) is 6.42 Å². The van der Waals surface area contributed by atoms with E-state index in [4.69, 9.17) is 5.11 Å². The molecule has 0 atom stereocenters. The normalized spacial score (nSPS) is 10.7. The van der Waals surface area contributed by atoms with Crippen LogP contribution < -0.4 is 4.74 Å². The second-order valence-corrected chi connectivity index (χ2v) is 4.98. The van der Waals surface area contributed by atoms with Gasteiger partial charge in [0.1, 0.15) is 0 Å². The largest absolute Gasteiger partial charge is 0.511 e. The van der Waals surface area contributed by atoms with Gasteiger partial charge in [0.05, 0.1) is 0 Å². The van der Waals surface area contributed by atoms with Crippen LogP contribution in [0, 0.1) is 17.5 Å². The molecule has 0 bridgehead atoms. The number of hydrogen-bond acceptors (Lipinski definition) is 3. The minimum absolute atomic E-state index is 0.0503. The highest BCUT2D eigenvalue weighted by molar-refractivity contribution is 5.64. The van der Waals surface area contributed by atoms with E-state index < -0.39 is 40.7 Å². The van der Waals surface area contributed by atoms with Crippen LogP contribution >= 0.6 is 0 Å². The van der Waals surface area contributed by atoms with Gasteiger partial charge in [-0.3, -0.25) is 0 Å². The minimum Gasteiger partial charge on any atom is -0.502 e. The summed E-state index contributed by atoms with van der Waals surface area (Å²) in [4.78, 5) is 10.6. The highest BCUT2D eigenvalue weighted by Gasteiger charge is 2.27. The van der Waals surface area contributed by atoms with Crippen molar-refractivity contribution >= 4 is 6.16 Å². The van der Waals surface area contributed by atoms with E-state index in [9.17, 15) is 23.1 Å². The first-order chi connectivity index (χ1) is 10.4. The number of benzene rings is 1. The van der Waals surface area contributed by atoms with Crippen LogP contribution in [0.15, 0.2) is 0 Å². The van der Waals surface area contributed by atoms with Crippen LogP contribution in [0.3, 0.4) is 0 Å². The summed E-state index contributed by atoms with van der Waals surface area (Å²) in [7, 11) is 0. The van der Waals surface area contributed by atoms with Gasteiger partial charge in [-0.15, -0.1) is 0 Å². The second-order valence-electron chi connectivity index (χ2n) is 4.98. The zero-order valence-corrected chi connectivity index (χ0v) is 12.3. The molecule has 0 aliphatic carbocycles. The first-order valence-electron chi connectivity index (χ1n) is 7.19. The molecule has 2 N–H and O–H groups in total. The van der Waals surface area contributed by atoms with Crippen molar-refractivity contribution in [2.24, 2.45) is 0 Å². The van der Waals surface area contributed by atoms with Crippen molar-refractivity contribution in [3.8, 4) is 11.5 Å². The Morgan fingerprint density at radius 3 is 2.18 bits per heavy atom. The molecule has 0 saturated carbocycles. The fraction of sp³-hybridized carbons (Fsp3) is 0.533. The second kappa shape index (κ2) is 8.51. The van der Waals surface area contributed by atoms with Crippen LogP contribution in [0.4, 0.5) is 18.0 Å². The summed E-state index contributed by atoms with van der Waals surface area (Å²) in [6.45, 7) is 2.06. The molecule has 0 amide bonds. The van der Waals surface area contributed by atoms with Crippen molar-refractivity contribution in [3.63, 3.8) is 0 Å². The predicted octanol–water partition coefficient (Wildman–Crippen LogP) is 4.77. The maximum atomic E-state index is 13.8. The highest BCUT2D eigenvalue weighted by atomic mass is 19.2. The molecule has 1 rings (SSSR count). The Morgan fingerprint density at radius 2 is 1.59 bits per heavy atom. The molecule has 0 heterocycles. The first-order valence-corrected chi connectivity index (χ1v) is 7.19. The van der Waals surface area contributed by atoms with Crippen molar-refractivity contribution in [1.29, 1.82) is 0 Å². The third kappa shape index (κ3) is 4.54. The van der Waals surface area contributed by atoms with Gasteiger partial charge in [0.2, 0.25) is 5.82 Å². The van der Waals surface area contributed by atoms with E-state index in [-0.39, 0.29) is 6.42 Å². The zero-order chi connectivity index (χ0) is 16.7. The van der Waals surface area contributed by atoms with Crippen LogP contribution in [0.1, 0.15) is 51.0 Å². The number of unbranched alkanes of at least 4 members (excludes halogenated alkanes) is 5. The number of carbonyl (C=O) groups is 1. The Balaban J connectivity index is 2.89. The SMILES string of the molecule is CCCCCCCCc1c(F)c(F)c(F)c(O)c1OC(=O)O. The quantitative estimate of drug-likeness (QED) is 0.313. The maximum Gasteiger partial charge on any atom is 0.511 e. The van der Waals surface area contributed by atoms with Crippen LogP contribution in [0.5, 0.6) is 11.5 Å². The van der Waals surface area contributed by atoms with E-state index in [2.05, 4.69) is 11.7 Å². The van der Waals surface area contributed by atoms with E-state index in [1.165, 1.54) is 0 Å². The molecular formula is C15H19F3O4. The van der Waals surface area contributed by atoms with Crippen LogP contribution in [-0.4, -0.2) is 16.4 Å². The smallest absolute Gasteiger partial charge is 0.502 e. The summed E-state index contributed by atoms with van der Waals surface area (Å²) in [6.07, 6.45) is 3.35. The van der Waals surface area contributed by atoms with Crippen LogP contribution in [0.2, 0.25) is 0 Å². The molecule has 7 heteroatoms. The molecule has 0 unspecified atom stereocenters. The van der Waals surface area contributed by atoms with Gasteiger partial charge in [0, 0.05) is 5.56 Å². The molecule has 1 aromatic rings. The summed E-state index contributed by atoms with van der Waals surface area (Å²) in [5, 5.41) is 18.0. The minimum atomic E-state index is -1.86. The van der Waals surface area contributed by atoms with Crippen molar-refractivity contribution in [2.75, 3.05) is 0 Å². The molecule has 0 radical (unpaired) electrons. The number of aromatic hydroxyl groups is 1. The van der Waals surface area contributed by atoms with Gasteiger partial charge < -0.3 is 14.9 Å². The van der Waals surface area contributed by atoms with Crippen molar-refractivity contribution in [3.05, 3.63) is 23.0 Å². The topological polar surface area (TPSA) is 66.8 Å². The van der Waals surface area contributed by atoms with Gasteiger partial charge in [0.15, 0.2) is 23.1 Å². The Labute approximate surface area is 126 Å². The monoisotopic (exact) mass is 320 g/mol. The van der Waals surface area contributed by atoms with Gasteiger partial charge in [0.25, 0.3) is 0 Å². The third-order valence-electron chi connectivity index (χ3n) is 3.32. The Hall–Kier alpha value is -1.92. The van der Waals surface area contributed by atoms with Gasteiger partial charge in [-0.2, -0.15) is 4.39 Å². The first kappa shape index (κ1) is 18.1.